The molecule has 1 aliphatic rings. The molecule has 0 radical (unpaired) electrons. The van der Waals surface area contributed by atoms with E-state index < -0.39 is 0 Å². The number of rotatable bonds is 2. The van der Waals surface area contributed by atoms with Gasteiger partial charge in [0.15, 0.2) is 6.29 Å². The zero-order chi connectivity index (χ0) is 17.1. The van der Waals surface area contributed by atoms with Crippen LogP contribution in [0.1, 0.15) is 54.4 Å². The van der Waals surface area contributed by atoms with Crippen LogP contribution in [0.2, 0.25) is 0 Å². The third-order valence-electron chi connectivity index (χ3n) is 5.08. The molecule has 1 fully saturated rings. The first kappa shape index (κ1) is 16.5. The van der Waals surface area contributed by atoms with Gasteiger partial charge >= 0.3 is 0 Å². The van der Waals surface area contributed by atoms with E-state index >= 15 is 0 Å². The average molecular weight is 325 g/mol. The second-order valence-electron chi connectivity index (χ2n) is 6.58. The maximum atomic E-state index is 11.7. The standard InChI is InChI=1S/C20H23NO3/c1-14(23)21-10-3-2-4-15(9-11-21)16-5-7-18-17(12-16)6-8-20(24)19(18)13-22/h5-8,12-13,15,24H,2-4,9-11H2,1H3. The Morgan fingerprint density at radius 3 is 2.75 bits per heavy atom. The molecule has 4 heteroatoms. The number of aldehydes is 1. The Hall–Kier alpha value is -2.36. The van der Waals surface area contributed by atoms with Crippen LogP contribution in [-0.2, 0) is 4.79 Å². The Morgan fingerprint density at radius 1 is 1.17 bits per heavy atom. The monoisotopic (exact) mass is 325 g/mol. The molecule has 24 heavy (non-hydrogen) atoms. The summed E-state index contributed by atoms with van der Waals surface area (Å²) < 4.78 is 0. The molecule has 1 N–H and O–H groups in total. The second kappa shape index (κ2) is 7.04. The minimum absolute atomic E-state index is 0.0216. The number of carbonyl (C=O) groups excluding carboxylic acids is 2. The van der Waals surface area contributed by atoms with Crippen molar-refractivity contribution in [3.8, 4) is 5.75 Å². The molecule has 0 saturated carbocycles. The van der Waals surface area contributed by atoms with E-state index in [4.69, 9.17) is 0 Å². The number of phenols is 1. The molecule has 126 valence electrons. The van der Waals surface area contributed by atoms with Crippen molar-refractivity contribution < 1.29 is 14.7 Å². The highest BCUT2D eigenvalue weighted by molar-refractivity contribution is 6.00. The van der Waals surface area contributed by atoms with E-state index in [1.807, 2.05) is 17.0 Å². The Morgan fingerprint density at radius 2 is 2.00 bits per heavy atom. The molecule has 0 spiro atoms. The molecular formula is C20H23NO3. The van der Waals surface area contributed by atoms with Crippen LogP contribution in [0.3, 0.4) is 0 Å². The minimum Gasteiger partial charge on any atom is -0.507 e. The molecule has 1 aliphatic heterocycles. The number of amides is 1. The lowest BCUT2D eigenvalue weighted by Crippen LogP contribution is -2.32. The molecule has 0 aliphatic carbocycles. The highest BCUT2D eigenvalue weighted by atomic mass is 16.3. The van der Waals surface area contributed by atoms with Crippen LogP contribution in [0.4, 0.5) is 0 Å². The summed E-state index contributed by atoms with van der Waals surface area (Å²) >= 11 is 0. The van der Waals surface area contributed by atoms with Gasteiger partial charge in [-0.3, -0.25) is 9.59 Å². The molecule has 1 amide bonds. The number of benzene rings is 2. The van der Waals surface area contributed by atoms with Crippen LogP contribution in [0.15, 0.2) is 30.3 Å². The number of hydrogen-bond donors (Lipinski definition) is 1. The van der Waals surface area contributed by atoms with Gasteiger partial charge in [-0.25, -0.2) is 0 Å². The maximum absolute atomic E-state index is 11.7. The van der Waals surface area contributed by atoms with Gasteiger partial charge in [-0.2, -0.15) is 0 Å². The number of nitrogens with zero attached hydrogens (tertiary/aromatic N) is 1. The summed E-state index contributed by atoms with van der Waals surface area (Å²) in [7, 11) is 0. The first-order valence-corrected chi connectivity index (χ1v) is 8.56. The lowest BCUT2D eigenvalue weighted by Gasteiger charge is -2.28. The van der Waals surface area contributed by atoms with Crippen LogP contribution in [0.5, 0.6) is 5.75 Å². The Labute approximate surface area is 142 Å². The molecule has 2 aromatic carbocycles. The van der Waals surface area contributed by atoms with E-state index in [2.05, 4.69) is 12.1 Å². The Kier molecular flexibility index (Phi) is 4.84. The van der Waals surface area contributed by atoms with Gasteiger partial charge in [0.05, 0.1) is 5.56 Å². The Balaban J connectivity index is 1.89. The summed E-state index contributed by atoms with van der Waals surface area (Å²) in [6.45, 7) is 3.30. The van der Waals surface area contributed by atoms with Gasteiger partial charge in [0.2, 0.25) is 5.91 Å². The highest BCUT2D eigenvalue weighted by Gasteiger charge is 2.19. The lowest BCUT2D eigenvalue weighted by atomic mass is 9.87. The maximum Gasteiger partial charge on any atom is 0.219 e. The average Bonchev–Trinajstić information content (AvgIpc) is 2.54. The van der Waals surface area contributed by atoms with Gasteiger partial charge in [-0.1, -0.05) is 30.7 Å². The molecule has 4 nitrogen and oxygen atoms in total. The fourth-order valence-corrected chi connectivity index (χ4v) is 3.65. The van der Waals surface area contributed by atoms with Crippen LogP contribution in [0.25, 0.3) is 10.8 Å². The van der Waals surface area contributed by atoms with Crippen molar-refractivity contribution in [1.29, 1.82) is 0 Å². The smallest absolute Gasteiger partial charge is 0.219 e. The zero-order valence-electron chi connectivity index (χ0n) is 14.0. The van der Waals surface area contributed by atoms with E-state index in [1.54, 1.807) is 13.0 Å². The van der Waals surface area contributed by atoms with E-state index in [9.17, 15) is 14.7 Å². The van der Waals surface area contributed by atoms with Gasteiger partial charge in [0, 0.05) is 20.0 Å². The van der Waals surface area contributed by atoms with Crippen molar-refractivity contribution in [1.82, 2.24) is 4.90 Å². The largest absolute Gasteiger partial charge is 0.507 e. The molecular weight excluding hydrogens is 302 g/mol. The second-order valence-corrected chi connectivity index (χ2v) is 6.58. The summed E-state index contributed by atoms with van der Waals surface area (Å²) in [4.78, 5) is 24.8. The van der Waals surface area contributed by atoms with Crippen molar-refractivity contribution in [2.75, 3.05) is 13.1 Å². The fourth-order valence-electron chi connectivity index (χ4n) is 3.65. The van der Waals surface area contributed by atoms with Crippen LogP contribution in [-0.4, -0.2) is 35.3 Å². The van der Waals surface area contributed by atoms with Gasteiger partial charge in [0.1, 0.15) is 5.75 Å². The third-order valence-corrected chi connectivity index (χ3v) is 5.08. The van der Waals surface area contributed by atoms with E-state index in [0.717, 1.165) is 49.5 Å². The fraction of sp³-hybridized carbons (Fsp3) is 0.400. The van der Waals surface area contributed by atoms with Crippen molar-refractivity contribution in [3.05, 3.63) is 41.5 Å². The molecule has 1 saturated heterocycles. The minimum atomic E-state index is 0.0216. The SMILES string of the molecule is CC(=O)N1CCCCC(c2ccc3c(C=O)c(O)ccc3c2)CC1. The molecule has 1 unspecified atom stereocenters. The van der Waals surface area contributed by atoms with Crippen molar-refractivity contribution in [2.24, 2.45) is 0 Å². The summed E-state index contributed by atoms with van der Waals surface area (Å²) in [5, 5.41) is 11.6. The van der Waals surface area contributed by atoms with Crippen LogP contribution >= 0.6 is 0 Å². The molecule has 1 heterocycles. The van der Waals surface area contributed by atoms with Gasteiger partial charge < -0.3 is 10.0 Å². The van der Waals surface area contributed by atoms with Crippen molar-refractivity contribution in [2.45, 2.75) is 38.5 Å². The topological polar surface area (TPSA) is 57.6 Å². The number of phenolic OH excluding ortho intramolecular Hbond substituents is 1. The molecule has 2 aromatic rings. The van der Waals surface area contributed by atoms with Crippen molar-refractivity contribution in [3.63, 3.8) is 0 Å². The van der Waals surface area contributed by atoms with Crippen molar-refractivity contribution >= 4 is 23.0 Å². The molecule has 1 atom stereocenters. The molecule has 0 aromatic heterocycles. The first-order chi connectivity index (χ1) is 11.6. The van der Waals surface area contributed by atoms with Gasteiger partial charge in [-0.15, -0.1) is 0 Å². The van der Waals surface area contributed by atoms with Gasteiger partial charge in [0.25, 0.3) is 0 Å². The van der Waals surface area contributed by atoms with E-state index in [1.165, 1.54) is 5.56 Å². The predicted octanol–water partition coefficient (Wildman–Crippen LogP) is 3.86. The van der Waals surface area contributed by atoms with Crippen LogP contribution in [0, 0.1) is 0 Å². The first-order valence-electron chi connectivity index (χ1n) is 8.56. The number of aromatic hydroxyl groups is 1. The lowest BCUT2D eigenvalue weighted by molar-refractivity contribution is -0.129. The summed E-state index contributed by atoms with van der Waals surface area (Å²) in [5.41, 5.74) is 1.59. The molecule has 3 rings (SSSR count). The number of carbonyl (C=O) groups is 2. The summed E-state index contributed by atoms with van der Waals surface area (Å²) in [6.07, 6.45) is 4.95. The Bertz CT molecular complexity index is 769. The number of likely N-dealkylation sites (tertiary alicyclic amines) is 1. The van der Waals surface area contributed by atoms with Gasteiger partial charge in [-0.05, 0) is 47.6 Å². The highest BCUT2D eigenvalue weighted by Crippen LogP contribution is 2.32. The predicted molar refractivity (Wildman–Crippen MR) is 94.5 cm³/mol. The van der Waals surface area contributed by atoms with E-state index in [-0.39, 0.29) is 11.7 Å². The number of hydrogen-bond acceptors (Lipinski definition) is 3. The third kappa shape index (κ3) is 3.28. The number of fused-ring (bicyclic) bond motifs is 1. The normalized spacial score (nSPS) is 18.9. The van der Waals surface area contributed by atoms with E-state index in [0.29, 0.717) is 17.8 Å². The summed E-state index contributed by atoms with van der Waals surface area (Å²) in [5.74, 6) is 0.596. The zero-order valence-corrected chi connectivity index (χ0v) is 14.0. The summed E-state index contributed by atoms with van der Waals surface area (Å²) in [6, 6.07) is 9.53. The van der Waals surface area contributed by atoms with Crippen LogP contribution < -0.4 is 0 Å². The molecule has 0 bridgehead atoms. The quantitative estimate of drug-likeness (QED) is 0.853.